The Hall–Kier alpha value is -0.920. The van der Waals surface area contributed by atoms with E-state index in [1.165, 1.54) is 135 Å². The second-order valence-corrected chi connectivity index (χ2v) is 18.7. The van der Waals surface area contributed by atoms with Crippen molar-refractivity contribution in [3.63, 3.8) is 0 Å². The first-order chi connectivity index (χ1) is 29.0. The van der Waals surface area contributed by atoms with Crippen LogP contribution in [0, 0.1) is 0 Å². The van der Waals surface area contributed by atoms with E-state index in [0.717, 1.165) is 57.8 Å². The van der Waals surface area contributed by atoms with E-state index in [9.17, 15) is 39.8 Å². The van der Waals surface area contributed by atoms with E-state index < -0.39 is 63.1 Å². The van der Waals surface area contributed by atoms with Crippen molar-refractivity contribution >= 4 is 13.8 Å². The Kier molecular flexibility index (Phi) is 36.7. The van der Waals surface area contributed by atoms with Gasteiger partial charge in [-0.25, -0.2) is 4.57 Å². The molecule has 12 nitrogen and oxygen atoms in total. The number of carbonyl (C=O) groups excluding carboxylic acids is 1. The fourth-order valence-corrected chi connectivity index (χ4v) is 8.69. The molecule has 1 aliphatic rings. The number of carbonyl (C=O) groups is 1. The van der Waals surface area contributed by atoms with Crippen molar-refractivity contribution < 1.29 is 58.3 Å². The first kappa shape index (κ1) is 57.1. The number of esters is 1. The average Bonchev–Trinajstić information content (AvgIpc) is 3.23. The first-order valence-electron chi connectivity index (χ1n) is 24.5. The van der Waals surface area contributed by atoms with Crippen LogP contribution in [0.1, 0.15) is 219 Å². The molecule has 6 N–H and O–H groups in total. The zero-order valence-corrected chi connectivity index (χ0v) is 38.9. The summed E-state index contributed by atoms with van der Waals surface area (Å²) in [5, 5.41) is 50.2. The third kappa shape index (κ3) is 30.2. The zero-order valence-electron chi connectivity index (χ0n) is 38.0. The van der Waals surface area contributed by atoms with Crippen molar-refractivity contribution in [3.05, 3.63) is 12.2 Å². The number of unbranched alkanes of at least 4 members (excludes halogenated alkanes) is 28. The van der Waals surface area contributed by atoms with Crippen LogP contribution < -0.4 is 0 Å². The van der Waals surface area contributed by atoms with E-state index in [1.807, 2.05) is 0 Å². The molecule has 0 aromatic rings. The van der Waals surface area contributed by atoms with Crippen LogP contribution in [0.5, 0.6) is 0 Å². The van der Waals surface area contributed by atoms with Gasteiger partial charge in [-0.2, -0.15) is 0 Å². The molecule has 6 unspecified atom stereocenters. The Balaban J connectivity index is 2.29. The Morgan fingerprint density at radius 3 is 1.38 bits per heavy atom. The Labute approximate surface area is 365 Å². The predicted octanol–water partition coefficient (Wildman–Crippen LogP) is 10.3. The van der Waals surface area contributed by atoms with Gasteiger partial charge in [0.25, 0.3) is 0 Å². The molecular weight excluding hydrogens is 787 g/mol. The molecule has 0 radical (unpaired) electrons. The molecule has 6 atom stereocenters. The number of aliphatic hydroxyl groups excluding tert-OH is 5. The maximum Gasteiger partial charge on any atom is 0.472 e. The summed E-state index contributed by atoms with van der Waals surface area (Å²) in [4.78, 5) is 23.2. The maximum absolute atomic E-state index is 12.8. The van der Waals surface area contributed by atoms with Crippen LogP contribution in [0.3, 0.4) is 0 Å². The van der Waals surface area contributed by atoms with Gasteiger partial charge < -0.3 is 39.9 Å². The summed E-state index contributed by atoms with van der Waals surface area (Å²) >= 11 is 0. The lowest BCUT2D eigenvalue weighted by Crippen LogP contribution is -2.64. The Morgan fingerprint density at radius 2 is 0.917 bits per heavy atom. The number of phosphoric acid groups is 1. The molecule has 0 aromatic heterocycles. The third-order valence-corrected chi connectivity index (χ3v) is 12.6. The molecule has 0 amide bonds. The summed E-state index contributed by atoms with van der Waals surface area (Å²) in [6.07, 6.45) is 30.1. The number of hydrogen-bond donors (Lipinski definition) is 6. The van der Waals surface area contributed by atoms with Crippen LogP contribution in [-0.2, 0) is 27.9 Å². The standard InChI is InChI=1S/C47H91O12P/c1-3-5-7-9-11-13-15-16-17-18-19-20-21-22-23-24-25-26-28-30-32-34-36-41(48)58-40(38-56-37-35-33-31-29-27-14-12-10-8-6-4-2)39-57-60(54,55)59-47-45(52)43(50)42(49)44(51)46(47)53/h8,10,40,42-47,49-53H,3-7,9,11-39H2,1-2H3,(H,54,55)/b10-8-. The van der Waals surface area contributed by atoms with Crippen LogP contribution in [0.25, 0.3) is 0 Å². The van der Waals surface area contributed by atoms with E-state index in [-0.39, 0.29) is 13.0 Å². The molecule has 1 fully saturated rings. The molecule has 0 aromatic carbocycles. The summed E-state index contributed by atoms with van der Waals surface area (Å²) in [6, 6.07) is 0. The topological polar surface area (TPSA) is 192 Å². The molecular formula is C47H91O12P. The highest BCUT2D eigenvalue weighted by Crippen LogP contribution is 2.47. The number of ether oxygens (including phenoxy) is 2. The molecule has 0 bridgehead atoms. The largest absolute Gasteiger partial charge is 0.472 e. The van der Waals surface area contributed by atoms with Crippen LogP contribution in [0.2, 0.25) is 0 Å². The molecule has 0 spiro atoms. The molecule has 60 heavy (non-hydrogen) atoms. The van der Waals surface area contributed by atoms with Crippen molar-refractivity contribution in [2.45, 2.75) is 262 Å². The van der Waals surface area contributed by atoms with Crippen LogP contribution in [-0.4, -0.2) is 98.9 Å². The van der Waals surface area contributed by atoms with Crippen molar-refractivity contribution in [2.24, 2.45) is 0 Å². The number of hydrogen-bond acceptors (Lipinski definition) is 11. The highest BCUT2D eigenvalue weighted by Gasteiger charge is 2.51. The van der Waals surface area contributed by atoms with Crippen molar-refractivity contribution in [1.29, 1.82) is 0 Å². The van der Waals surface area contributed by atoms with Gasteiger partial charge in [-0.05, 0) is 32.1 Å². The van der Waals surface area contributed by atoms with Crippen molar-refractivity contribution in [1.82, 2.24) is 0 Å². The van der Waals surface area contributed by atoms with Gasteiger partial charge in [-0.3, -0.25) is 13.8 Å². The highest BCUT2D eigenvalue weighted by molar-refractivity contribution is 7.47. The minimum absolute atomic E-state index is 0.0759. The number of allylic oxidation sites excluding steroid dienone is 2. The monoisotopic (exact) mass is 879 g/mol. The van der Waals surface area contributed by atoms with Gasteiger partial charge >= 0.3 is 13.8 Å². The van der Waals surface area contributed by atoms with Crippen molar-refractivity contribution in [3.8, 4) is 0 Å². The van der Waals surface area contributed by atoms with Gasteiger partial charge in [-0.1, -0.05) is 193 Å². The summed E-state index contributed by atoms with van der Waals surface area (Å²) in [5.41, 5.74) is 0. The van der Waals surface area contributed by atoms with E-state index in [4.69, 9.17) is 18.5 Å². The molecule has 1 aliphatic carbocycles. The maximum atomic E-state index is 12.8. The van der Waals surface area contributed by atoms with Gasteiger partial charge in [0, 0.05) is 13.0 Å². The minimum atomic E-state index is -5.01. The Morgan fingerprint density at radius 1 is 0.517 bits per heavy atom. The number of aliphatic hydroxyl groups is 5. The molecule has 356 valence electrons. The summed E-state index contributed by atoms with van der Waals surface area (Å²) < 4.78 is 34.2. The fourth-order valence-electron chi connectivity index (χ4n) is 7.71. The summed E-state index contributed by atoms with van der Waals surface area (Å²) in [6.45, 7) is 4.22. The molecule has 1 rings (SSSR count). The van der Waals surface area contributed by atoms with E-state index >= 15 is 0 Å². The molecule has 1 saturated carbocycles. The molecule has 13 heteroatoms. The average molecular weight is 879 g/mol. The SMILES string of the molecule is CCC/C=C\CCCCCCCCOCC(COP(=O)(O)OC1C(O)C(O)C(O)C(O)C1O)OC(=O)CCCCCCCCCCCCCCCCCCCCCCCC. The smallest absolute Gasteiger partial charge is 0.457 e. The quantitative estimate of drug-likeness (QED) is 0.0147. The van der Waals surface area contributed by atoms with E-state index in [1.54, 1.807) is 0 Å². The van der Waals surface area contributed by atoms with E-state index in [2.05, 4.69) is 26.0 Å². The summed E-state index contributed by atoms with van der Waals surface area (Å²) in [5.74, 6) is -0.475. The van der Waals surface area contributed by atoms with Gasteiger partial charge in [0.15, 0.2) is 0 Å². The van der Waals surface area contributed by atoms with Crippen LogP contribution in [0.15, 0.2) is 12.2 Å². The van der Waals surface area contributed by atoms with Crippen LogP contribution >= 0.6 is 7.82 Å². The van der Waals surface area contributed by atoms with E-state index in [0.29, 0.717) is 13.0 Å². The Bertz CT molecular complexity index is 1050. The third-order valence-electron chi connectivity index (χ3n) is 11.6. The number of rotatable bonds is 42. The lowest BCUT2D eigenvalue weighted by Gasteiger charge is -2.41. The number of phosphoric ester groups is 1. The second kappa shape index (κ2) is 38.5. The highest BCUT2D eigenvalue weighted by atomic mass is 31.2. The minimum Gasteiger partial charge on any atom is -0.457 e. The molecule has 0 aliphatic heterocycles. The van der Waals surface area contributed by atoms with Gasteiger partial charge in [-0.15, -0.1) is 0 Å². The van der Waals surface area contributed by atoms with Crippen molar-refractivity contribution in [2.75, 3.05) is 19.8 Å². The lowest BCUT2D eigenvalue weighted by atomic mass is 9.85. The van der Waals surface area contributed by atoms with Gasteiger partial charge in [0.1, 0.15) is 42.7 Å². The molecule has 0 saturated heterocycles. The first-order valence-corrected chi connectivity index (χ1v) is 26.0. The second-order valence-electron chi connectivity index (χ2n) is 17.3. The summed E-state index contributed by atoms with van der Waals surface area (Å²) in [7, 11) is -5.01. The zero-order chi connectivity index (χ0) is 44.1. The van der Waals surface area contributed by atoms with Gasteiger partial charge in [0.2, 0.25) is 0 Å². The normalized spacial score (nSPS) is 22.3. The fraction of sp³-hybridized carbons (Fsp3) is 0.936. The lowest BCUT2D eigenvalue weighted by molar-refractivity contribution is -0.220. The predicted molar refractivity (Wildman–Crippen MR) is 240 cm³/mol. The van der Waals surface area contributed by atoms with Crippen LogP contribution in [0.4, 0.5) is 0 Å². The molecule has 0 heterocycles. The van der Waals surface area contributed by atoms with Gasteiger partial charge in [0.05, 0.1) is 13.2 Å².